The lowest BCUT2D eigenvalue weighted by molar-refractivity contribution is -0.387. The molecule has 0 fully saturated rings. The topological polar surface area (TPSA) is 167 Å². The Morgan fingerprint density at radius 1 is 0.906 bits per heavy atom. The molecule has 14 heteroatoms. The molecule has 1 aliphatic rings. The first kappa shape index (κ1) is 21.0. The van der Waals surface area contributed by atoms with Gasteiger partial charge < -0.3 is 0 Å². The molecule has 0 spiro atoms. The van der Waals surface area contributed by atoms with Crippen molar-refractivity contribution in [2.24, 2.45) is 0 Å². The number of hydrogen-bond donors (Lipinski definition) is 0. The van der Waals surface area contributed by atoms with Crippen LogP contribution < -0.4 is 0 Å². The molecule has 1 aliphatic heterocycles. The molecule has 12 nitrogen and oxygen atoms in total. The normalized spacial score (nSPS) is 13.5. The van der Waals surface area contributed by atoms with Gasteiger partial charge in [-0.05, 0) is 23.6 Å². The molecular weight excluding hydrogens is 453 g/mol. The van der Waals surface area contributed by atoms with Crippen molar-refractivity contribution in [2.75, 3.05) is 0 Å². The average molecular weight is 461 g/mol. The van der Waals surface area contributed by atoms with Gasteiger partial charge in [-0.3, -0.25) is 29.8 Å². The highest BCUT2D eigenvalue weighted by molar-refractivity contribution is 7.86. The number of rotatable bonds is 5. The van der Waals surface area contributed by atoms with Crippen LogP contribution in [0.3, 0.4) is 0 Å². The lowest BCUT2D eigenvalue weighted by Crippen LogP contribution is -2.41. The first-order valence-corrected chi connectivity index (χ1v) is 9.90. The fourth-order valence-corrected chi connectivity index (χ4v) is 4.08. The first-order valence-electron chi connectivity index (χ1n) is 8.50. The number of hydroxylamine groups is 2. The molecule has 4 rings (SSSR count). The Morgan fingerprint density at radius 3 is 2.25 bits per heavy atom. The number of amides is 2. The maximum Gasteiger partial charge on any atom is 0.318 e. The van der Waals surface area contributed by atoms with E-state index in [0.29, 0.717) is 18.2 Å². The van der Waals surface area contributed by atoms with E-state index in [-0.39, 0.29) is 27.0 Å². The highest BCUT2D eigenvalue weighted by Gasteiger charge is 2.39. The summed E-state index contributed by atoms with van der Waals surface area (Å²) in [7, 11) is -5.02. The third-order valence-electron chi connectivity index (χ3n) is 4.58. The van der Waals surface area contributed by atoms with Gasteiger partial charge in [0.25, 0.3) is 17.5 Å². The molecule has 0 saturated carbocycles. The number of benzene rings is 3. The number of halogens is 1. The largest absolute Gasteiger partial charge is 0.318 e. The van der Waals surface area contributed by atoms with Gasteiger partial charge in [0.1, 0.15) is 4.90 Å². The Labute approximate surface area is 176 Å². The quantitative estimate of drug-likeness (QED) is 0.315. The highest BCUT2D eigenvalue weighted by atomic mass is 32.2. The van der Waals surface area contributed by atoms with Crippen LogP contribution in [0.1, 0.15) is 20.7 Å². The van der Waals surface area contributed by atoms with Gasteiger partial charge in [0.15, 0.2) is 0 Å². The molecule has 0 radical (unpaired) electrons. The van der Waals surface area contributed by atoms with Gasteiger partial charge in [-0.1, -0.05) is 12.1 Å². The third-order valence-corrected chi connectivity index (χ3v) is 5.75. The molecule has 0 N–H and O–H groups in total. The first-order chi connectivity index (χ1) is 15.0. The second-order valence-corrected chi connectivity index (χ2v) is 7.99. The minimum atomic E-state index is -5.02. The Balaban J connectivity index is 1.81. The van der Waals surface area contributed by atoms with E-state index in [1.165, 1.54) is 18.2 Å². The summed E-state index contributed by atoms with van der Waals surface area (Å²) in [5.41, 5.74) is -2.17. The van der Waals surface area contributed by atoms with Gasteiger partial charge in [-0.2, -0.15) is 12.8 Å². The van der Waals surface area contributed by atoms with Crippen LogP contribution in [-0.2, 0) is 14.4 Å². The summed E-state index contributed by atoms with van der Waals surface area (Å²) in [6, 6.07) is 7.60. The maximum atomic E-state index is 13.5. The zero-order valence-electron chi connectivity index (χ0n) is 15.4. The van der Waals surface area contributed by atoms with Gasteiger partial charge in [-0.15, -0.1) is 9.35 Å². The van der Waals surface area contributed by atoms with Crippen LogP contribution >= 0.6 is 0 Å². The zero-order valence-corrected chi connectivity index (χ0v) is 16.2. The summed E-state index contributed by atoms with van der Waals surface area (Å²) >= 11 is 0. The van der Waals surface area contributed by atoms with E-state index in [1.807, 2.05) is 0 Å². The third kappa shape index (κ3) is 3.23. The summed E-state index contributed by atoms with van der Waals surface area (Å²) < 4.78 is 43.4. The Kier molecular flexibility index (Phi) is 4.67. The van der Waals surface area contributed by atoms with Gasteiger partial charge in [0, 0.05) is 23.6 Å². The van der Waals surface area contributed by atoms with E-state index in [4.69, 9.17) is 0 Å². The van der Waals surface area contributed by atoms with Gasteiger partial charge in [-0.25, -0.2) is 0 Å². The Hall–Kier alpha value is -4.30. The molecule has 0 atom stereocenters. The Bertz CT molecular complexity index is 1490. The van der Waals surface area contributed by atoms with Crippen LogP contribution in [0.15, 0.2) is 53.4 Å². The van der Waals surface area contributed by atoms with E-state index in [9.17, 15) is 42.6 Å². The van der Waals surface area contributed by atoms with Gasteiger partial charge >= 0.3 is 15.8 Å². The summed E-state index contributed by atoms with van der Waals surface area (Å²) in [5.74, 6) is -3.79. The van der Waals surface area contributed by atoms with Crippen LogP contribution in [0, 0.1) is 26.0 Å². The molecule has 1 heterocycles. The highest BCUT2D eigenvalue weighted by Crippen LogP contribution is 2.34. The summed E-state index contributed by atoms with van der Waals surface area (Å²) in [6.45, 7) is 0. The molecule has 0 aliphatic carbocycles. The van der Waals surface area contributed by atoms with Crippen molar-refractivity contribution in [3.63, 3.8) is 0 Å². The molecule has 0 unspecified atom stereocenters. The summed E-state index contributed by atoms with van der Waals surface area (Å²) in [6.07, 6.45) is 0. The molecule has 32 heavy (non-hydrogen) atoms. The van der Waals surface area contributed by atoms with Gasteiger partial charge in [0.2, 0.25) is 5.82 Å². The fourth-order valence-electron chi connectivity index (χ4n) is 3.17. The lowest BCUT2D eigenvalue weighted by Gasteiger charge is -2.25. The smallest absolute Gasteiger partial charge is 0.266 e. The second kappa shape index (κ2) is 7.14. The van der Waals surface area contributed by atoms with E-state index >= 15 is 0 Å². The van der Waals surface area contributed by atoms with Crippen molar-refractivity contribution in [3.05, 3.63) is 85.7 Å². The minimum absolute atomic E-state index is 0.0720. The van der Waals surface area contributed by atoms with E-state index in [0.717, 1.165) is 12.1 Å². The molecule has 162 valence electrons. The number of carbonyl (C=O) groups excluding carboxylic acids is 2. The number of nitrogens with zero attached hydrogens (tertiary/aromatic N) is 3. The molecule has 3 aromatic rings. The van der Waals surface area contributed by atoms with E-state index in [1.54, 1.807) is 0 Å². The van der Waals surface area contributed by atoms with E-state index in [2.05, 4.69) is 4.28 Å². The van der Waals surface area contributed by atoms with Crippen LogP contribution in [0.4, 0.5) is 15.8 Å². The number of nitro benzene ring substituents is 2. The number of hydrogen-bond acceptors (Lipinski definition) is 9. The predicted octanol–water partition coefficient (Wildman–Crippen LogP) is 2.71. The second-order valence-electron chi connectivity index (χ2n) is 6.46. The molecule has 0 saturated heterocycles. The molecular formula is C18H8FN3O9S. The van der Waals surface area contributed by atoms with E-state index < -0.39 is 53.9 Å². The van der Waals surface area contributed by atoms with Crippen LogP contribution in [-0.4, -0.2) is 35.1 Å². The monoisotopic (exact) mass is 461 g/mol. The minimum Gasteiger partial charge on any atom is -0.266 e. The van der Waals surface area contributed by atoms with Crippen molar-refractivity contribution in [1.29, 1.82) is 0 Å². The molecule has 2 amide bonds. The molecule has 0 bridgehead atoms. The fraction of sp³-hybridized carbons (Fsp3) is 0. The molecule has 0 aromatic heterocycles. The predicted molar refractivity (Wildman–Crippen MR) is 102 cm³/mol. The van der Waals surface area contributed by atoms with Crippen LogP contribution in [0.2, 0.25) is 0 Å². The van der Waals surface area contributed by atoms with Crippen molar-refractivity contribution >= 4 is 44.1 Å². The number of nitro groups is 2. The van der Waals surface area contributed by atoms with Crippen molar-refractivity contribution in [1.82, 2.24) is 5.06 Å². The number of imide groups is 1. The number of non-ortho nitro benzene ring substituents is 1. The van der Waals surface area contributed by atoms with Crippen LogP contribution in [0.5, 0.6) is 0 Å². The standard InChI is InChI=1S/C18H8FN3O9S/c19-14-5-4-11(8-15(14)22(27)28)32(29,30)31-20-17(23)12-3-1-2-9-6-10(21(25)26)7-13(16(9)12)18(20)24/h1-8H. The van der Waals surface area contributed by atoms with Gasteiger partial charge in [0.05, 0.1) is 21.0 Å². The van der Waals surface area contributed by atoms with Crippen molar-refractivity contribution in [3.8, 4) is 0 Å². The van der Waals surface area contributed by atoms with Crippen molar-refractivity contribution < 1.29 is 36.5 Å². The number of carbonyl (C=O) groups is 2. The van der Waals surface area contributed by atoms with Crippen molar-refractivity contribution in [2.45, 2.75) is 4.90 Å². The summed E-state index contributed by atoms with van der Waals surface area (Å²) in [5, 5.41) is 22.2. The maximum absolute atomic E-state index is 13.5. The summed E-state index contributed by atoms with van der Waals surface area (Å²) in [4.78, 5) is 44.9. The molecule has 3 aromatic carbocycles. The zero-order chi connectivity index (χ0) is 23.4. The SMILES string of the molecule is O=C1c2cccc3cc([N+](=O)[O-])cc(c23)C(=O)N1OS(=O)(=O)c1ccc(F)c([N+](=O)[O-])c1. The lowest BCUT2D eigenvalue weighted by atomic mass is 9.94. The van der Waals surface area contributed by atoms with Crippen LogP contribution in [0.25, 0.3) is 10.8 Å². The Morgan fingerprint density at radius 2 is 1.59 bits per heavy atom. The average Bonchev–Trinajstić information content (AvgIpc) is 2.74.